The van der Waals surface area contributed by atoms with Crippen molar-refractivity contribution in [2.24, 2.45) is 0 Å². The molecule has 0 aliphatic carbocycles. The van der Waals surface area contributed by atoms with Gasteiger partial charge in [0.25, 0.3) is 0 Å². The Morgan fingerprint density at radius 2 is 2.25 bits per heavy atom. The molecule has 0 aromatic carbocycles. The summed E-state index contributed by atoms with van der Waals surface area (Å²) in [7, 11) is 0. The topological polar surface area (TPSA) is 54.5 Å². The van der Waals surface area contributed by atoms with E-state index in [1.807, 2.05) is 6.92 Å². The van der Waals surface area contributed by atoms with Gasteiger partial charge in [-0.2, -0.15) is 0 Å². The van der Waals surface area contributed by atoms with Crippen molar-refractivity contribution in [1.29, 1.82) is 0 Å². The van der Waals surface area contributed by atoms with Gasteiger partial charge in [0, 0.05) is 18.1 Å². The summed E-state index contributed by atoms with van der Waals surface area (Å²) in [6.45, 7) is 2.05. The largest absolute Gasteiger partial charge is 0.341 e. The van der Waals surface area contributed by atoms with Gasteiger partial charge < -0.3 is 4.98 Å². The predicted octanol–water partition coefficient (Wildman–Crippen LogP) is 2.92. The summed E-state index contributed by atoms with van der Waals surface area (Å²) in [6.07, 6.45) is 5.75. The molecule has 0 spiro atoms. The molecule has 2 aromatic heterocycles. The van der Waals surface area contributed by atoms with E-state index in [9.17, 15) is 0 Å². The van der Waals surface area contributed by atoms with E-state index >= 15 is 0 Å². The molecule has 0 bridgehead atoms. The van der Waals surface area contributed by atoms with Crippen LogP contribution < -0.4 is 0 Å². The van der Waals surface area contributed by atoms with Crippen LogP contribution in [0.15, 0.2) is 23.1 Å². The summed E-state index contributed by atoms with van der Waals surface area (Å²) in [4.78, 5) is 15.6. The van der Waals surface area contributed by atoms with Crippen molar-refractivity contribution < 1.29 is 0 Å². The van der Waals surface area contributed by atoms with Crippen molar-refractivity contribution in [2.45, 2.75) is 13.3 Å². The molecule has 0 saturated carbocycles. The molecule has 2 aromatic rings. The summed E-state index contributed by atoms with van der Waals surface area (Å²) in [5.41, 5.74) is 1.71. The Morgan fingerprint density at radius 1 is 1.44 bits per heavy atom. The second-order valence-corrected chi connectivity index (χ2v) is 4.31. The number of rotatable bonds is 2. The highest BCUT2D eigenvalue weighted by Gasteiger charge is 2.07. The third-order valence-electron chi connectivity index (χ3n) is 2.09. The number of halogens is 1. The van der Waals surface area contributed by atoms with Crippen LogP contribution in [-0.4, -0.2) is 19.9 Å². The van der Waals surface area contributed by atoms with Crippen molar-refractivity contribution >= 4 is 28.1 Å². The van der Waals surface area contributed by atoms with Crippen LogP contribution in [-0.2, 0) is 6.42 Å². The van der Waals surface area contributed by atoms with Gasteiger partial charge in [-0.05, 0) is 22.4 Å². The minimum atomic E-state index is 0.538. The predicted molar refractivity (Wildman–Crippen MR) is 67.5 cm³/mol. The van der Waals surface area contributed by atoms with Gasteiger partial charge in [0.15, 0.2) is 5.82 Å². The number of nitrogens with one attached hydrogen (secondary N) is 1. The maximum atomic E-state index is 5.17. The number of nitrogens with zero attached hydrogens (tertiary/aromatic N) is 3. The zero-order valence-corrected chi connectivity index (χ0v) is 11.0. The summed E-state index contributed by atoms with van der Waals surface area (Å²) >= 11 is 8.58. The van der Waals surface area contributed by atoms with Crippen LogP contribution in [0.4, 0.5) is 0 Å². The Labute approximate surface area is 106 Å². The molecule has 0 saturated heterocycles. The average molecular weight is 297 g/mol. The fourth-order valence-electron chi connectivity index (χ4n) is 1.29. The first-order valence-electron chi connectivity index (χ1n) is 4.77. The minimum absolute atomic E-state index is 0.538. The van der Waals surface area contributed by atoms with E-state index in [2.05, 4.69) is 35.9 Å². The van der Waals surface area contributed by atoms with Crippen molar-refractivity contribution in [3.05, 3.63) is 33.4 Å². The standard InChI is InChI=1S/C10H9BrN4S/c1-2-6-8(11)10(16)15-9(14-6)7-5-12-3-4-13-7/h3-5H,2H2,1H3,(H,14,15,16). The summed E-state index contributed by atoms with van der Waals surface area (Å²) in [5, 5.41) is 0. The lowest BCUT2D eigenvalue weighted by atomic mass is 10.3. The average Bonchev–Trinajstić information content (AvgIpc) is 2.33. The van der Waals surface area contributed by atoms with Crippen molar-refractivity contribution in [3.8, 4) is 11.5 Å². The Bertz CT molecular complexity index is 552. The highest BCUT2D eigenvalue weighted by molar-refractivity contribution is 9.10. The number of H-pyrrole nitrogens is 1. The van der Waals surface area contributed by atoms with Crippen LogP contribution in [0.25, 0.3) is 11.5 Å². The molecule has 6 heteroatoms. The Balaban J connectivity index is 2.60. The van der Waals surface area contributed by atoms with Crippen LogP contribution in [0.3, 0.4) is 0 Å². The van der Waals surface area contributed by atoms with Crippen LogP contribution in [0, 0.1) is 4.64 Å². The molecule has 4 nitrogen and oxygen atoms in total. The van der Waals surface area contributed by atoms with Gasteiger partial charge in [-0.3, -0.25) is 4.98 Å². The Kier molecular flexibility index (Phi) is 3.40. The lowest BCUT2D eigenvalue weighted by molar-refractivity contribution is 0.974. The van der Waals surface area contributed by atoms with Gasteiger partial charge in [0.05, 0.1) is 10.7 Å². The van der Waals surface area contributed by atoms with E-state index in [1.54, 1.807) is 18.6 Å². The van der Waals surface area contributed by atoms with Gasteiger partial charge in [0.1, 0.15) is 10.3 Å². The monoisotopic (exact) mass is 296 g/mol. The molecule has 1 N–H and O–H groups in total. The molecule has 82 valence electrons. The fraction of sp³-hybridized carbons (Fsp3) is 0.200. The normalized spacial score (nSPS) is 10.4. The zero-order valence-electron chi connectivity index (χ0n) is 8.57. The second kappa shape index (κ2) is 4.80. The third kappa shape index (κ3) is 2.17. The van der Waals surface area contributed by atoms with Crippen LogP contribution >= 0.6 is 28.1 Å². The molecule has 0 unspecified atom stereocenters. The van der Waals surface area contributed by atoms with Crippen molar-refractivity contribution in [1.82, 2.24) is 19.9 Å². The maximum absolute atomic E-state index is 5.17. The molecule has 0 aliphatic heterocycles. The van der Waals surface area contributed by atoms with E-state index in [4.69, 9.17) is 12.2 Å². The van der Waals surface area contributed by atoms with E-state index in [1.165, 1.54) is 0 Å². The highest BCUT2D eigenvalue weighted by atomic mass is 79.9. The van der Waals surface area contributed by atoms with Crippen LogP contribution in [0.5, 0.6) is 0 Å². The first-order valence-corrected chi connectivity index (χ1v) is 5.97. The first kappa shape index (κ1) is 11.3. The van der Waals surface area contributed by atoms with Gasteiger partial charge in [0.2, 0.25) is 0 Å². The van der Waals surface area contributed by atoms with Gasteiger partial charge >= 0.3 is 0 Å². The van der Waals surface area contributed by atoms with E-state index < -0.39 is 0 Å². The van der Waals surface area contributed by atoms with E-state index in [0.29, 0.717) is 16.2 Å². The molecule has 0 atom stereocenters. The minimum Gasteiger partial charge on any atom is -0.341 e. The van der Waals surface area contributed by atoms with E-state index in [0.717, 1.165) is 16.6 Å². The Morgan fingerprint density at radius 3 is 2.88 bits per heavy atom. The Hall–Kier alpha value is -1.14. The second-order valence-electron chi connectivity index (χ2n) is 3.13. The number of hydrogen-bond donors (Lipinski definition) is 1. The molecule has 16 heavy (non-hydrogen) atoms. The molecule has 2 rings (SSSR count). The van der Waals surface area contributed by atoms with Crippen LogP contribution in [0.2, 0.25) is 0 Å². The van der Waals surface area contributed by atoms with Gasteiger partial charge in [-0.15, -0.1) is 0 Å². The molecular formula is C10H9BrN4S. The molecule has 0 aliphatic rings. The smallest absolute Gasteiger partial charge is 0.159 e. The van der Waals surface area contributed by atoms with Crippen molar-refractivity contribution in [3.63, 3.8) is 0 Å². The summed E-state index contributed by atoms with van der Waals surface area (Å²) in [6, 6.07) is 0. The summed E-state index contributed by atoms with van der Waals surface area (Å²) in [5.74, 6) is 0.651. The number of aromatic amines is 1. The lowest BCUT2D eigenvalue weighted by Gasteiger charge is -2.05. The van der Waals surface area contributed by atoms with Crippen molar-refractivity contribution in [2.75, 3.05) is 0 Å². The number of aryl methyl sites for hydroxylation is 1. The quantitative estimate of drug-likeness (QED) is 0.866. The third-order valence-corrected chi connectivity index (χ3v) is 3.51. The van der Waals surface area contributed by atoms with Gasteiger partial charge in [-0.25, -0.2) is 9.97 Å². The molecule has 2 heterocycles. The molecule has 0 fully saturated rings. The first-order chi connectivity index (χ1) is 7.72. The molecule has 0 amide bonds. The fourth-order valence-corrected chi connectivity index (χ4v) is 1.97. The molecule has 0 radical (unpaired) electrons. The SMILES string of the molecule is CCc1[nH]c(-c2cnccn2)nc(=S)c1Br. The zero-order chi connectivity index (χ0) is 11.5. The summed E-state index contributed by atoms with van der Waals surface area (Å²) < 4.78 is 1.38. The molecular weight excluding hydrogens is 288 g/mol. The van der Waals surface area contributed by atoms with Gasteiger partial charge in [-0.1, -0.05) is 19.1 Å². The maximum Gasteiger partial charge on any atom is 0.159 e. The number of aromatic nitrogens is 4. The number of hydrogen-bond acceptors (Lipinski definition) is 4. The highest BCUT2D eigenvalue weighted by Crippen LogP contribution is 2.19. The van der Waals surface area contributed by atoms with E-state index in [-0.39, 0.29) is 0 Å². The van der Waals surface area contributed by atoms with Crippen LogP contribution in [0.1, 0.15) is 12.6 Å². The lowest BCUT2D eigenvalue weighted by Crippen LogP contribution is -1.98.